The normalized spacial score (nSPS) is 11.7. The van der Waals surface area contributed by atoms with Gasteiger partial charge >= 0.3 is 12.1 Å². The van der Waals surface area contributed by atoms with Crippen molar-refractivity contribution in [3.05, 3.63) is 0 Å². The second-order valence-corrected chi connectivity index (χ2v) is 9.39. The Bertz CT molecular complexity index is 525. The molecule has 2 amide bonds. The minimum atomic E-state index is -0.548. The summed E-state index contributed by atoms with van der Waals surface area (Å²) in [4.78, 5) is 34.7. The van der Waals surface area contributed by atoms with E-state index in [0.717, 1.165) is 12.8 Å². The number of nitrogens with one attached hydrogen (secondary N) is 2. The molecule has 0 aliphatic carbocycles. The van der Waals surface area contributed by atoms with Gasteiger partial charge in [0.1, 0.15) is 12.2 Å². The van der Waals surface area contributed by atoms with Crippen LogP contribution in [0.1, 0.15) is 67.2 Å². The Morgan fingerprint density at radius 1 is 0.742 bits per heavy atom. The van der Waals surface area contributed by atoms with Gasteiger partial charge in [0.2, 0.25) is 5.91 Å². The van der Waals surface area contributed by atoms with Gasteiger partial charge < -0.3 is 29.6 Å². The largest absolute Gasteiger partial charge is 0.460 e. The van der Waals surface area contributed by atoms with Crippen LogP contribution in [0.25, 0.3) is 0 Å². The van der Waals surface area contributed by atoms with E-state index in [2.05, 4.69) is 31.4 Å². The van der Waals surface area contributed by atoms with Crippen molar-refractivity contribution in [3.63, 3.8) is 0 Å². The summed E-state index contributed by atoms with van der Waals surface area (Å²) in [5.74, 6) is -0.613. The first-order valence-corrected chi connectivity index (χ1v) is 10.9. The van der Waals surface area contributed by atoms with Crippen LogP contribution in [0.15, 0.2) is 0 Å². The van der Waals surface area contributed by atoms with Gasteiger partial charge in [-0.2, -0.15) is 0 Å². The lowest BCUT2D eigenvalue weighted by Crippen LogP contribution is -2.29. The minimum Gasteiger partial charge on any atom is -0.460 e. The molecule has 0 bridgehead atoms. The molecule has 0 aromatic rings. The van der Waals surface area contributed by atoms with Crippen LogP contribution in [0, 0.1) is 5.41 Å². The molecular formula is C22H42N2O7. The number of hydrogen-bond donors (Lipinski definition) is 2. The first-order valence-electron chi connectivity index (χ1n) is 10.9. The number of hydrogen-bond acceptors (Lipinski definition) is 7. The van der Waals surface area contributed by atoms with Crippen LogP contribution in [0.5, 0.6) is 0 Å². The molecule has 0 saturated carbocycles. The Kier molecular flexibility index (Phi) is 14.9. The van der Waals surface area contributed by atoms with Crippen molar-refractivity contribution in [3.8, 4) is 0 Å². The van der Waals surface area contributed by atoms with Crippen LogP contribution in [0.3, 0.4) is 0 Å². The van der Waals surface area contributed by atoms with E-state index in [4.69, 9.17) is 18.9 Å². The molecule has 0 spiro atoms. The van der Waals surface area contributed by atoms with Gasteiger partial charge in [-0.1, -0.05) is 20.8 Å². The number of esters is 1. The third-order valence-electron chi connectivity index (χ3n) is 3.75. The second-order valence-electron chi connectivity index (χ2n) is 9.39. The highest BCUT2D eigenvalue weighted by Gasteiger charge is 2.17. The van der Waals surface area contributed by atoms with Crippen LogP contribution < -0.4 is 10.6 Å². The number of rotatable bonds is 15. The summed E-state index contributed by atoms with van der Waals surface area (Å²) in [6.45, 7) is 14.3. The standard InChI is InChI=1S/C22H42N2O7/c1-21(2,3)10-7-11-24-20(27)30-17-16-29-15-14-28-13-12-23-18(25)8-9-19(26)31-22(4,5)6/h7-17H2,1-6H3,(H,23,25)(H,24,27). The maximum absolute atomic E-state index is 11.7. The summed E-state index contributed by atoms with van der Waals surface area (Å²) >= 11 is 0. The molecule has 31 heavy (non-hydrogen) atoms. The number of alkyl carbamates (subject to hydrolysis) is 1. The van der Waals surface area contributed by atoms with Gasteiger partial charge in [-0.15, -0.1) is 0 Å². The fraction of sp³-hybridized carbons (Fsp3) is 0.864. The lowest BCUT2D eigenvalue weighted by atomic mass is 9.91. The van der Waals surface area contributed by atoms with Gasteiger partial charge in [-0.25, -0.2) is 4.79 Å². The summed E-state index contributed by atoms with van der Waals surface area (Å²) < 4.78 is 20.8. The Morgan fingerprint density at radius 3 is 1.97 bits per heavy atom. The topological polar surface area (TPSA) is 112 Å². The third-order valence-corrected chi connectivity index (χ3v) is 3.75. The van der Waals surface area contributed by atoms with E-state index in [1.807, 2.05) is 0 Å². The van der Waals surface area contributed by atoms with Gasteiger partial charge in [-0.05, 0) is 39.0 Å². The molecule has 0 rings (SSSR count). The molecule has 0 aromatic carbocycles. The van der Waals surface area contributed by atoms with Crippen molar-refractivity contribution in [1.82, 2.24) is 10.6 Å². The minimum absolute atomic E-state index is 0.0504. The Balaban J connectivity index is 3.43. The molecule has 9 nitrogen and oxygen atoms in total. The molecule has 0 heterocycles. The predicted octanol–water partition coefficient (Wildman–Crippen LogP) is 2.81. The number of ether oxygens (including phenoxy) is 4. The summed E-state index contributed by atoms with van der Waals surface area (Å²) in [6.07, 6.45) is 1.65. The zero-order valence-electron chi connectivity index (χ0n) is 20.1. The van der Waals surface area contributed by atoms with Crippen molar-refractivity contribution in [1.29, 1.82) is 0 Å². The smallest absolute Gasteiger partial charge is 0.407 e. The van der Waals surface area contributed by atoms with Gasteiger partial charge in [-0.3, -0.25) is 9.59 Å². The summed E-state index contributed by atoms with van der Waals surface area (Å²) in [7, 11) is 0. The van der Waals surface area contributed by atoms with Gasteiger partial charge in [0.15, 0.2) is 0 Å². The molecule has 0 radical (unpaired) electrons. The van der Waals surface area contributed by atoms with Crippen molar-refractivity contribution in [2.24, 2.45) is 5.41 Å². The molecule has 9 heteroatoms. The quantitative estimate of drug-likeness (QED) is 0.294. The molecule has 0 atom stereocenters. The van der Waals surface area contributed by atoms with Crippen LogP contribution >= 0.6 is 0 Å². The first kappa shape index (κ1) is 29.1. The molecule has 0 aliphatic rings. The van der Waals surface area contributed by atoms with Gasteiger partial charge in [0.05, 0.1) is 32.8 Å². The monoisotopic (exact) mass is 446 g/mol. The molecule has 0 saturated heterocycles. The fourth-order valence-corrected chi connectivity index (χ4v) is 2.33. The summed E-state index contributed by atoms with van der Waals surface area (Å²) in [5, 5.41) is 5.39. The number of carbonyl (C=O) groups is 3. The molecule has 0 aliphatic heterocycles. The van der Waals surface area contributed by atoms with E-state index < -0.39 is 17.7 Å². The average Bonchev–Trinajstić information content (AvgIpc) is 2.63. The highest BCUT2D eigenvalue weighted by molar-refractivity contribution is 5.81. The van der Waals surface area contributed by atoms with Crippen LogP contribution in [-0.4, -0.2) is 69.7 Å². The van der Waals surface area contributed by atoms with E-state index in [0.29, 0.717) is 39.5 Å². The van der Waals surface area contributed by atoms with Crippen LogP contribution in [0.2, 0.25) is 0 Å². The lowest BCUT2D eigenvalue weighted by molar-refractivity contribution is -0.155. The molecular weight excluding hydrogens is 404 g/mol. The van der Waals surface area contributed by atoms with E-state index in [1.54, 1.807) is 20.8 Å². The molecule has 182 valence electrons. The van der Waals surface area contributed by atoms with E-state index >= 15 is 0 Å². The number of carbonyl (C=O) groups excluding carboxylic acids is 3. The second kappa shape index (κ2) is 15.9. The number of amides is 2. The zero-order valence-corrected chi connectivity index (χ0v) is 20.1. The average molecular weight is 447 g/mol. The van der Waals surface area contributed by atoms with E-state index in [1.165, 1.54) is 0 Å². The molecule has 0 unspecified atom stereocenters. The zero-order chi connectivity index (χ0) is 23.8. The fourth-order valence-electron chi connectivity index (χ4n) is 2.33. The van der Waals surface area contributed by atoms with E-state index in [9.17, 15) is 14.4 Å². The Hall–Kier alpha value is -1.87. The lowest BCUT2D eigenvalue weighted by Gasteiger charge is -2.19. The molecule has 0 fully saturated rings. The summed E-state index contributed by atoms with van der Waals surface area (Å²) in [6, 6.07) is 0. The SMILES string of the molecule is CC(C)(C)CCCNC(=O)OCCOCCOCCNC(=O)CCC(=O)OC(C)(C)C. The van der Waals surface area contributed by atoms with Crippen molar-refractivity contribution in [2.45, 2.75) is 72.8 Å². The van der Waals surface area contributed by atoms with Crippen molar-refractivity contribution >= 4 is 18.0 Å². The van der Waals surface area contributed by atoms with Crippen LogP contribution in [0.4, 0.5) is 4.79 Å². The summed E-state index contributed by atoms with van der Waals surface area (Å²) in [5.41, 5.74) is -0.289. The maximum Gasteiger partial charge on any atom is 0.407 e. The Morgan fingerprint density at radius 2 is 1.35 bits per heavy atom. The predicted molar refractivity (Wildman–Crippen MR) is 118 cm³/mol. The van der Waals surface area contributed by atoms with E-state index in [-0.39, 0.29) is 30.8 Å². The highest BCUT2D eigenvalue weighted by atomic mass is 16.6. The molecule has 2 N–H and O–H groups in total. The Labute approximate surface area is 186 Å². The van der Waals surface area contributed by atoms with Crippen molar-refractivity contribution in [2.75, 3.05) is 46.1 Å². The third kappa shape index (κ3) is 22.6. The highest BCUT2D eigenvalue weighted by Crippen LogP contribution is 2.19. The van der Waals surface area contributed by atoms with Gasteiger partial charge in [0, 0.05) is 19.5 Å². The van der Waals surface area contributed by atoms with Gasteiger partial charge in [0.25, 0.3) is 0 Å². The maximum atomic E-state index is 11.7. The first-order chi connectivity index (χ1) is 14.4. The van der Waals surface area contributed by atoms with Crippen LogP contribution in [-0.2, 0) is 28.5 Å². The van der Waals surface area contributed by atoms with Crippen molar-refractivity contribution < 1.29 is 33.3 Å². The molecule has 0 aromatic heterocycles.